The first-order valence-corrected chi connectivity index (χ1v) is 44.6. The molecule has 0 fully saturated rings. The first kappa shape index (κ1) is 97.1. The zero-order valence-corrected chi connectivity index (χ0v) is 66.4. The first-order chi connectivity index (χ1) is 48.0. The lowest BCUT2D eigenvalue weighted by molar-refractivity contribution is -0.161. The van der Waals surface area contributed by atoms with Gasteiger partial charge in [0.1, 0.15) is 19.3 Å². The second kappa shape index (κ2) is 73.0. The number of phosphoric ester groups is 2. The number of aliphatic hydroxyl groups is 1. The van der Waals surface area contributed by atoms with Crippen LogP contribution >= 0.6 is 15.6 Å². The van der Waals surface area contributed by atoms with Gasteiger partial charge in [-0.15, -0.1) is 0 Å². The fraction of sp³-hybridized carbons (Fsp3) is 0.950. The molecule has 0 aliphatic heterocycles. The van der Waals surface area contributed by atoms with Crippen molar-refractivity contribution in [2.45, 2.75) is 445 Å². The van der Waals surface area contributed by atoms with Gasteiger partial charge >= 0.3 is 39.5 Å². The Morgan fingerprint density at radius 2 is 0.465 bits per heavy atom. The molecule has 0 aromatic heterocycles. The van der Waals surface area contributed by atoms with E-state index in [1.807, 2.05) is 0 Å². The van der Waals surface area contributed by atoms with Crippen molar-refractivity contribution in [3.8, 4) is 0 Å². The third-order valence-corrected chi connectivity index (χ3v) is 20.7. The summed E-state index contributed by atoms with van der Waals surface area (Å²) in [6, 6.07) is 0. The first-order valence-electron chi connectivity index (χ1n) is 41.6. The third-order valence-electron chi connectivity index (χ3n) is 18.8. The van der Waals surface area contributed by atoms with Gasteiger partial charge in [-0.2, -0.15) is 0 Å². The molecule has 0 aliphatic rings. The van der Waals surface area contributed by atoms with E-state index in [2.05, 4.69) is 34.6 Å². The molecule has 0 aromatic rings. The van der Waals surface area contributed by atoms with Gasteiger partial charge in [0.05, 0.1) is 26.4 Å². The molecule has 5 atom stereocenters. The minimum atomic E-state index is -4.96. The molecule has 0 radical (unpaired) electrons. The van der Waals surface area contributed by atoms with Crippen molar-refractivity contribution < 1.29 is 80.2 Å². The van der Waals surface area contributed by atoms with Crippen molar-refractivity contribution in [1.82, 2.24) is 0 Å². The average molecular weight is 1450 g/mol. The van der Waals surface area contributed by atoms with E-state index in [1.54, 1.807) is 0 Å². The van der Waals surface area contributed by atoms with Crippen LogP contribution in [0.25, 0.3) is 0 Å². The number of rotatable bonds is 80. The Balaban J connectivity index is 5.24. The highest BCUT2D eigenvalue weighted by Crippen LogP contribution is 2.45. The predicted octanol–water partition coefficient (Wildman–Crippen LogP) is 24.0. The van der Waals surface area contributed by atoms with Gasteiger partial charge in [-0.25, -0.2) is 9.13 Å². The standard InChI is InChI=1S/C80H156O17P2/c1-6-9-12-15-18-21-24-27-30-32-34-36-39-42-45-50-56-61-66-79(84)96-75(69-90-77(82)63-58-53-48-43-40-38-35-33-31-28-25-22-19-16-13-10-7-2)71-94-98(86,87)92-67-74(81)68-93-99(88,89)95-72-76(70-91-78(83)64-59-54-51-46-47-52-57-62-73(4)5)97-80(85)65-60-55-49-44-41-37-29-26-23-20-17-14-11-8-3/h73-76,81H,6-72H2,1-5H3,(H,86,87)(H,88,89)/t74-,75-,76-/m1/s1. The molecule has 17 nitrogen and oxygen atoms in total. The number of hydrogen-bond donors (Lipinski definition) is 3. The van der Waals surface area contributed by atoms with Crippen LogP contribution in [0.1, 0.15) is 426 Å². The molecule has 2 unspecified atom stereocenters. The van der Waals surface area contributed by atoms with Crippen molar-refractivity contribution in [1.29, 1.82) is 0 Å². The van der Waals surface area contributed by atoms with Crippen molar-refractivity contribution in [3.05, 3.63) is 0 Å². The summed E-state index contributed by atoms with van der Waals surface area (Å²) in [5.41, 5.74) is 0. The number of carbonyl (C=O) groups excluding carboxylic acids is 4. The minimum Gasteiger partial charge on any atom is -0.462 e. The number of unbranched alkanes of at least 4 members (excludes halogenated alkanes) is 52. The molecule has 0 amide bonds. The van der Waals surface area contributed by atoms with Crippen molar-refractivity contribution in [3.63, 3.8) is 0 Å². The lowest BCUT2D eigenvalue weighted by Crippen LogP contribution is -2.30. The number of phosphoric acid groups is 2. The summed E-state index contributed by atoms with van der Waals surface area (Å²) in [6.45, 7) is 7.28. The van der Waals surface area contributed by atoms with E-state index in [9.17, 15) is 43.2 Å². The van der Waals surface area contributed by atoms with Crippen LogP contribution in [0.2, 0.25) is 0 Å². The largest absolute Gasteiger partial charge is 0.472 e. The molecule has 0 bridgehead atoms. The van der Waals surface area contributed by atoms with E-state index < -0.39 is 97.5 Å². The van der Waals surface area contributed by atoms with Crippen LogP contribution in [0.15, 0.2) is 0 Å². The van der Waals surface area contributed by atoms with Gasteiger partial charge in [-0.1, -0.05) is 375 Å². The summed E-state index contributed by atoms with van der Waals surface area (Å²) in [5, 5.41) is 10.6. The molecule has 19 heteroatoms. The van der Waals surface area contributed by atoms with Gasteiger partial charge in [0, 0.05) is 25.7 Å². The van der Waals surface area contributed by atoms with Crippen molar-refractivity contribution in [2.24, 2.45) is 5.92 Å². The average Bonchev–Trinajstić information content (AvgIpc) is 1.13. The topological polar surface area (TPSA) is 237 Å². The Kier molecular flexibility index (Phi) is 71.6. The van der Waals surface area contributed by atoms with E-state index in [4.69, 9.17) is 37.0 Å². The van der Waals surface area contributed by atoms with Crippen molar-refractivity contribution in [2.75, 3.05) is 39.6 Å². The predicted molar refractivity (Wildman–Crippen MR) is 405 cm³/mol. The normalized spacial score (nSPS) is 13.9. The second-order valence-corrected chi connectivity index (χ2v) is 32.2. The maximum absolute atomic E-state index is 13.1. The number of esters is 4. The van der Waals surface area contributed by atoms with E-state index in [0.717, 1.165) is 96.3 Å². The number of carbonyl (C=O) groups is 4. The number of aliphatic hydroxyl groups excluding tert-OH is 1. The maximum Gasteiger partial charge on any atom is 0.472 e. The zero-order valence-electron chi connectivity index (χ0n) is 64.6. The minimum absolute atomic E-state index is 0.108. The molecule has 0 aliphatic carbocycles. The molecular formula is C80H156O17P2. The molecule has 3 N–H and O–H groups in total. The van der Waals surface area contributed by atoms with Crippen LogP contribution in [0, 0.1) is 5.92 Å². The fourth-order valence-corrected chi connectivity index (χ4v) is 14.0. The summed E-state index contributed by atoms with van der Waals surface area (Å²) in [5.74, 6) is -1.40. The third kappa shape index (κ3) is 74.1. The van der Waals surface area contributed by atoms with Crippen molar-refractivity contribution >= 4 is 39.5 Å². The van der Waals surface area contributed by atoms with Crippen LogP contribution < -0.4 is 0 Å². The summed E-state index contributed by atoms with van der Waals surface area (Å²) < 4.78 is 68.7. The Hall–Kier alpha value is -1.94. The molecule has 0 aromatic carbocycles. The van der Waals surface area contributed by atoms with Crippen LogP contribution in [0.5, 0.6) is 0 Å². The van der Waals surface area contributed by atoms with E-state index in [0.29, 0.717) is 31.6 Å². The smallest absolute Gasteiger partial charge is 0.462 e. The van der Waals surface area contributed by atoms with Crippen LogP contribution in [0.4, 0.5) is 0 Å². The van der Waals surface area contributed by atoms with Gasteiger partial charge < -0.3 is 33.8 Å². The van der Waals surface area contributed by atoms with Gasteiger partial charge in [-0.3, -0.25) is 37.3 Å². The summed E-state index contributed by atoms with van der Waals surface area (Å²) in [7, 11) is -9.92. The summed E-state index contributed by atoms with van der Waals surface area (Å²) in [4.78, 5) is 73.0. The monoisotopic (exact) mass is 1450 g/mol. The van der Waals surface area contributed by atoms with Gasteiger partial charge in [0.25, 0.3) is 0 Å². The fourth-order valence-electron chi connectivity index (χ4n) is 12.4. The molecule has 0 saturated heterocycles. The zero-order chi connectivity index (χ0) is 72.7. The molecule has 588 valence electrons. The highest BCUT2D eigenvalue weighted by atomic mass is 31.2. The SMILES string of the molecule is CCCCCCCCCCCCCCCCCCCCC(=O)O[C@H](COC(=O)CCCCCCCCCCCCCCCCCCC)COP(=O)(O)OC[C@@H](O)COP(=O)(O)OC[C@@H](COC(=O)CCCCCCCCCC(C)C)OC(=O)CCCCCCCCCCCCCCCC. The summed E-state index contributed by atoms with van der Waals surface area (Å²) >= 11 is 0. The quantitative estimate of drug-likeness (QED) is 0.0222. The van der Waals surface area contributed by atoms with Gasteiger partial charge in [0.15, 0.2) is 12.2 Å². The molecule has 0 saturated carbocycles. The van der Waals surface area contributed by atoms with Crippen LogP contribution in [-0.2, 0) is 65.4 Å². The van der Waals surface area contributed by atoms with E-state index >= 15 is 0 Å². The number of hydrogen-bond acceptors (Lipinski definition) is 15. The highest BCUT2D eigenvalue weighted by molar-refractivity contribution is 7.47. The van der Waals surface area contributed by atoms with Crippen LogP contribution in [0.3, 0.4) is 0 Å². The lowest BCUT2D eigenvalue weighted by Gasteiger charge is -2.21. The van der Waals surface area contributed by atoms with E-state index in [1.165, 1.54) is 244 Å². The van der Waals surface area contributed by atoms with E-state index in [-0.39, 0.29) is 25.7 Å². The Bertz CT molecular complexity index is 1890. The molecule has 0 heterocycles. The van der Waals surface area contributed by atoms with Gasteiger partial charge in [-0.05, 0) is 31.6 Å². The summed E-state index contributed by atoms with van der Waals surface area (Å²) in [6.07, 6.45) is 63.9. The number of ether oxygens (including phenoxy) is 4. The van der Waals surface area contributed by atoms with Gasteiger partial charge in [0.2, 0.25) is 0 Å². The molecule has 0 spiro atoms. The molecular weight excluding hydrogens is 1290 g/mol. The van der Waals surface area contributed by atoms with Crippen LogP contribution in [-0.4, -0.2) is 96.7 Å². The lowest BCUT2D eigenvalue weighted by atomic mass is 10.0. The molecule has 99 heavy (non-hydrogen) atoms. The Morgan fingerprint density at radius 3 is 0.687 bits per heavy atom. The Morgan fingerprint density at radius 1 is 0.273 bits per heavy atom. The molecule has 0 rings (SSSR count). The highest BCUT2D eigenvalue weighted by Gasteiger charge is 2.30. The maximum atomic E-state index is 13.1. The Labute approximate surface area is 607 Å². The second-order valence-electron chi connectivity index (χ2n) is 29.3.